The fourth-order valence-corrected chi connectivity index (χ4v) is 4.00. The fraction of sp³-hybridized carbons (Fsp3) is 0.208. The summed E-state index contributed by atoms with van der Waals surface area (Å²) in [5.41, 5.74) is 10.7. The van der Waals surface area contributed by atoms with E-state index < -0.39 is 0 Å². The van der Waals surface area contributed by atoms with Crippen molar-refractivity contribution >= 4 is 23.2 Å². The zero-order valence-corrected chi connectivity index (χ0v) is 16.2. The van der Waals surface area contributed by atoms with Crippen LogP contribution in [0, 0.1) is 20.8 Å². The van der Waals surface area contributed by atoms with Gasteiger partial charge >= 0.3 is 0 Å². The monoisotopic (exact) mass is 356 g/mol. The molecule has 0 spiro atoms. The number of aryl methyl sites for hydroxylation is 2. The third-order valence-electron chi connectivity index (χ3n) is 5.46. The molecule has 0 atom stereocenters. The van der Waals surface area contributed by atoms with E-state index in [2.05, 4.69) is 68.3 Å². The number of carbonyl (C=O) groups is 1. The summed E-state index contributed by atoms with van der Waals surface area (Å²) in [7, 11) is 0. The lowest BCUT2D eigenvalue weighted by molar-refractivity contribution is -0.110. The third-order valence-corrected chi connectivity index (χ3v) is 5.46. The van der Waals surface area contributed by atoms with Crippen molar-refractivity contribution in [2.45, 2.75) is 34.1 Å². The standard InChI is InChI=1S/C24H24N2O/c1-5-18-15(3)22(25-16(18)4)13-20-23-19(17-11-9-14(2)10-12-17)7-6-8-21(23)26-24(20)27/h6-13,25H,5H2,1-4H3,(H,26,27)/b20-13-. The first kappa shape index (κ1) is 17.3. The van der Waals surface area contributed by atoms with E-state index in [1.165, 1.54) is 22.4 Å². The summed E-state index contributed by atoms with van der Waals surface area (Å²) in [4.78, 5) is 16.2. The van der Waals surface area contributed by atoms with Gasteiger partial charge in [-0.1, -0.05) is 48.9 Å². The first-order valence-electron chi connectivity index (χ1n) is 9.41. The molecule has 136 valence electrons. The largest absolute Gasteiger partial charge is 0.359 e. The van der Waals surface area contributed by atoms with E-state index in [9.17, 15) is 4.79 Å². The topological polar surface area (TPSA) is 44.9 Å². The summed E-state index contributed by atoms with van der Waals surface area (Å²) in [6, 6.07) is 14.5. The number of carbonyl (C=O) groups excluding carboxylic acids is 1. The SMILES string of the molecule is CCc1c(C)[nH]c(/C=C2\C(=O)Nc3cccc(-c4ccc(C)cc4)c32)c1C. The van der Waals surface area contributed by atoms with Crippen LogP contribution in [0.5, 0.6) is 0 Å². The summed E-state index contributed by atoms with van der Waals surface area (Å²) in [5.74, 6) is -0.0470. The van der Waals surface area contributed by atoms with Crippen LogP contribution in [-0.2, 0) is 11.2 Å². The molecule has 1 aliphatic rings. The van der Waals surface area contributed by atoms with E-state index in [-0.39, 0.29) is 5.91 Å². The molecular weight excluding hydrogens is 332 g/mol. The smallest absolute Gasteiger partial charge is 0.256 e. The van der Waals surface area contributed by atoms with Gasteiger partial charge in [0.2, 0.25) is 0 Å². The van der Waals surface area contributed by atoms with Gasteiger partial charge in [0, 0.05) is 22.6 Å². The Balaban J connectivity index is 1.89. The first-order valence-corrected chi connectivity index (χ1v) is 9.41. The first-order chi connectivity index (χ1) is 13.0. The van der Waals surface area contributed by atoms with Crippen molar-refractivity contribution in [1.82, 2.24) is 4.98 Å². The second kappa shape index (κ2) is 6.58. The van der Waals surface area contributed by atoms with Crippen molar-refractivity contribution in [2.24, 2.45) is 0 Å². The number of hydrogen-bond donors (Lipinski definition) is 2. The lowest BCUT2D eigenvalue weighted by Gasteiger charge is -2.09. The van der Waals surface area contributed by atoms with Crippen molar-refractivity contribution in [1.29, 1.82) is 0 Å². The minimum absolute atomic E-state index is 0.0470. The predicted molar refractivity (Wildman–Crippen MR) is 113 cm³/mol. The Kier molecular flexibility index (Phi) is 4.23. The van der Waals surface area contributed by atoms with Crippen LogP contribution >= 0.6 is 0 Å². The van der Waals surface area contributed by atoms with E-state index in [0.717, 1.165) is 34.5 Å². The van der Waals surface area contributed by atoms with Gasteiger partial charge in [-0.2, -0.15) is 0 Å². The molecule has 0 bridgehead atoms. The van der Waals surface area contributed by atoms with E-state index in [1.807, 2.05) is 18.2 Å². The Morgan fingerprint density at radius 2 is 1.74 bits per heavy atom. The zero-order valence-electron chi connectivity index (χ0n) is 16.2. The quantitative estimate of drug-likeness (QED) is 0.584. The molecule has 4 rings (SSSR count). The number of fused-ring (bicyclic) bond motifs is 1. The summed E-state index contributed by atoms with van der Waals surface area (Å²) in [5, 5.41) is 3.02. The number of aromatic amines is 1. The average Bonchev–Trinajstić information content (AvgIpc) is 3.11. The van der Waals surface area contributed by atoms with Gasteiger partial charge in [0.15, 0.2) is 0 Å². The van der Waals surface area contributed by atoms with Crippen LogP contribution in [0.25, 0.3) is 22.8 Å². The fourth-order valence-electron chi connectivity index (χ4n) is 4.00. The number of rotatable bonds is 3. The van der Waals surface area contributed by atoms with Crippen LogP contribution in [-0.4, -0.2) is 10.9 Å². The van der Waals surface area contributed by atoms with Gasteiger partial charge in [0.1, 0.15) is 0 Å². The lowest BCUT2D eigenvalue weighted by atomic mass is 9.93. The molecule has 2 N–H and O–H groups in total. The Morgan fingerprint density at radius 3 is 2.41 bits per heavy atom. The summed E-state index contributed by atoms with van der Waals surface area (Å²) < 4.78 is 0. The molecule has 2 aromatic carbocycles. The third kappa shape index (κ3) is 2.89. The molecule has 27 heavy (non-hydrogen) atoms. The van der Waals surface area contributed by atoms with Gasteiger partial charge in [-0.05, 0) is 61.6 Å². The van der Waals surface area contributed by atoms with Crippen LogP contribution in [0.3, 0.4) is 0 Å². The minimum Gasteiger partial charge on any atom is -0.359 e. The highest BCUT2D eigenvalue weighted by molar-refractivity contribution is 6.36. The number of benzene rings is 2. The molecule has 3 nitrogen and oxygen atoms in total. The molecule has 0 saturated heterocycles. The van der Waals surface area contributed by atoms with E-state index in [0.29, 0.717) is 5.57 Å². The van der Waals surface area contributed by atoms with Crippen LogP contribution in [0.15, 0.2) is 42.5 Å². The maximum Gasteiger partial charge on any atom is 0.256 e. The summed E-state index contributed by atoms with van der Waals surface area (Å²) in [6.45, 7) is 8.45. The highest BCUT2D eigenvalue weighted by Gasteiger charge is 2.27. The Morgan fingerprint density at radius 1 is 1.00 bits per heavy atom. The van der Waals surface area contributed by atoms with Gasteiger partial charge in [0.25, 0.3) is 5.91 Å². The van der Waals surface area contributed by atoms with Crippen LogP contribution in [0.4, 0.5) is 5.69 Å². The van der Waals surface area contributed by atoms with E-state index in [1.54, 1.807) is 0 Å². The maximum absolute atomic E-state index is 12.8. The highest BCUT2D eigenvalue weighted by Crippen LogP contribution is 2.40. The Hall–Kier alpha value is -3.07. The highest BCUT2D eigenvalue weighted by atomic mass is 16.2. The maximum atomic E-state index is 12.8. The number of aromatic nitrogens is 1. The van der Waals surface area contributed by atoms with Gasteiger partial charge in [-0.3, -0.25) is 4.79 Å². The number of nitrogens with one attached hydrogen (secondary N) is 2. The predicted octanol–water partition coefficient (Wildman–Crippen LogP) is 5.66. The number of amides is 1. The van der Waals surface area contributed by atoms with E-state index >= 15 is 0 Å². The van der Waals surface area contributed by atoms with Crippen molar-refractivity contribution in [3.63, 3.8) is 0 Å². The van der Waals surface area contributed by atoms with Crippen LogP contribution in [0.2, 0.25) is 0 Å². The minimum atomic E-state index is -0.0470. The van der Waals surface area contributed by atoms with Crippen LogP contribution < -0.4 is 5.32 Å². The zero-order chi connectivity index (χ0) is 19.1. The lowest BCUT2D eigenvalue weighted by Crippen LogP contribution is -2.03. The van der Waals surface area contributed by atoms with Gasteiger partial charge < -0.3 is 10.3 Å². The molecule has 1 aliphatic heterocycles. The van der Waals surface area contributed by atoms with Crippen molar-refractivity contribution in [3.8, 4) is 11.1 Å². The molecule has 1 aromatic heterocycles. The van der Waals surface area contributed by atoms with Crippen molar-refractivity contribution in [2.75, 3.05) is 5.32 Å². The molecule has 0 unspecified atom stereocenters. The molecule has 0 fully saturated rings. The molecule has 0 saturated carbocycles. The summed E-state index contributed by atoms with van der Waals surface area (Å²) >= 11 is 0. The Labute approximate surface area is 160 Å². The van der Waals surface area contributed by atoms with Crippen molar-refractivity contribution in [3.05, 3.63) is 76.1 Å². The Bertz CT molecular complexity index is 1070. The van der Waals surface area contributed by atoms with Crippen molar-refractivity contribution < 1.29 is 4.79 Å². The van der Waals surface area contributed by atoms with Crippen LogP contribution in [0.1, 0.15) is 40.6 Å². The second-order valence-electron chi connectivity index (χ2n) is 7.23. The molecule has 3 heteroatoms. The van der Waals surface area contributed by atoms with Gasteiger partial charge in [0.05, 0.1) is 5.57 Å². The molecule has 3 aromatic rings. The second-order valence-corrected chi connectivity index (χ2v) is 7.23. The van der Waals surface area contributed by atoms with Gasteiger partial charge in [-0.15, -0.1) is 0 Å². The number of H-pyrrole nitrogens is 1. The molecule has 1 amide bonds. The van der Waals surface area contributed by atoms with Gasteiger partial charge in [-0.25, -0.2) is 0 Å². The molecule has 0 aliphatic carbocycles. The molecular formula is C24H24N2O. The summed E-state index contributed by atoms with van der Waals surface area (Å²) in [6.07, 6.45) is 2.98. The average molecular weight is 356 g/mol. The molecule has 2 heterocycles. The van der Waals surface area contributed by atoms with E-state index in [4.69, 9.17) is 0 Å². The number of hydrogen-bond acceptors (Lipinski definition) is 1. The number of anilines is 1. The normalized spacial score (nSPS) is 14.5. The molecule has 0 radical (unpaired) electrons.